The van der Waals surface area contributed by atoms with Crippen LogP contribution in [0.4, 0.5) is 25.8 Å². The Morgan fingerprint density at radius 2 is 1.73 bits per heavy atom. The van der Waals surface area contributed by atoms with Crippen LogP contribution in [0, 0.1) is 11.6 Å². The molecule has 4 N–H and O–H groups in total. The van der Waals surface area contributed by atoms with E-state index in [9.17, 15) is 18.7 Å². The highest BCUT2D eigenvalue weighted by atomic mass is 19.1. The maximum Gasteiger partial charge on any atom is 0.259 e. The van der Waals surface area contributed by atoms with Gasteiger partial charge in [0, 0.05) is 55.4 Å². The number of pyridine rings is 1. The minimum Gasteiger partial charge on any atom is -0.496 e. The summed E-state index contributed by atoms with van der Waals surface area (Å²) in [6, 6.07) is 20.7. The number of aliphatic hydroxyl groups is 1. The number of methoxy groups -OCH3 is 2. The fourth-order valence-corrected chi connectivity index (χ4v) is 7.89. The largest absolute Gasteiger partial charge is 0.496 e. The number of halogens is 2. The molecule has 0 spiro atoms. The lowest BCUT2D eigenvalue weighted by atomic mass is 9.98. The second kappa shape index (κ2) is 16.0. The molecule has 0 saturated carbocycles. The number of nitrogens with one attached hydrogen (secondary N) is 3. The first-order chi connectivity index (χ1) is 27.3. The number of amides is 1. The summed E-state index contributed by atoms with van der Waals surface area (Å²) < 4.78 is 42.2. The number of aromatic nitrogens is 2. The highest BCUT2D eigenvalue weighted by molar-refractivity contribution is 6.07. The zero-order chi connectivity index (χ0) is 38.8. The molecule has 3 aromatic carbocycles. The number of hydrogen-bond acceptors (Lipinski definition) is 10. The quantitative estimate of drug-likeness (QED) is 0.128. The molecule has 1 amide bonds. The molecule has 5 aromatic rings. The number of allylic oxidation sites excluding steroid dienone is 1. The Morgan fingerprint density at radius 3 is 2.50 bits per heavy atom. The van der Waals surface area contributed by atoms with Crippen LogP contribution in [-0.4, -0.2) is 90.3 Å². The molecule has 0 aliphatic carbocycles. The number of likely N-dealkylation sites (tertiary alicyclic amines) is 1. The molecule has 290 valence electrons. The molecule has 1 unspecified atom stereocenters. The van der Waals surface area contributed by atoms with E-state index in [1.807, 2.05) is 40.9 Å². The van der Waals surface area contributed by atoms with Crippen LogP contribution in [0.3, 0.4) is 0 Å². The number of rotatable bonds is 10. The Bertz CT molecular complexity index is 2280. The number of fused-ring (bicyclic) bond motifs is 1. The van der Waals surface area contributed by atoms with Gasteiger partial charge in [-0.1, -0.05) is 12.1 Å². The molecule has 3 aliphatic rings. The maximum absolute atomic E-state index is 14.5. The Kier molecular flexibility index (Phi) is 10.6. The van der Waals surface area contributed by atoms with Gasteiger partial charge < -0.3 is 35.4 Å². The van der Waals surface area contributed by atoms with Crippen molar-refractivity contribution >= 4 is 40.5 Å². The summed E-state index contributed by atoms with van der Waals surface area (Å²) in [5.74, 6) is -1.62. The van der Waals surface area contributed by atoms with Crippen molar-refractivity contribution in [2.24, 2.45) is 4.99 Å². The summed E-state index contributed by atoms with van der Waals surface area (Å²) in [6.07, 6.45) is 8.74. The number of aliphatic hydroxyl groups excluding tert-OH is 1. The van der Waals surface area contributed by atoms with Gasteiger partial charge in [0.2, 0.25) is 0 Å². The van der Waals surface area contributed by atoms with E-state index in [0.29, 0.717) is 40.1 Å². The molecule has 0 radical (unpaired) electrons. The number of aliphatic imine (C=N–C) groups is 1. The third-order valence-corrected chi connectivity index (χ3v) is 10.7. The standard InChI is InChI=1S/C42H44F2N8O4/c1-55-35-14-11-26(23-30(35)41(54)49-39-31(43)8-5-9-32(39)44)38-40(52-20-4-3-10-37(52)48-38)34-15-18-45-42(47-34)46-33-13-12-28(24-36(33)56-2)50-21-16-27(17-22-50)51-19-6-7-29(53)25-51/h3-5,8-15,18,20,23-24,27,29,42,46-47,53H,6-7,16-17,19,21-22,25H2,1-2H3,(H,49,54)/t29-,42?/m0/s1. The molecule has 2 saturated heterocycles. The van der Waals surface area contributed by atoms with Gasteiger partial charge in [-0.25, -0.2) is 18.8 Å². The lowest BCUT2D eigenvalue weighted by molar-refractivity contribution is 0.0398. The summed E-state index contributed by atoms with van der Waals surface area (Å²) >= 11 is 0. The molecule has 2 aromatic heterocycles. The van der Waals surface area contributed by atoms with Crippen LogP contribution in [0.1, 0.15) is 41.7 Å². The summed E-state index contributed by atoms with van der Waals surface area (Å²) in [6.45, 7) is 3.70. The van der Waals surface area contributed by atoms with Crippen molar-refractivity contribution in [3.8, 4) is 22.8 Å². The van der Waals surface area contributed by atoms with E-state index in [-0.39, 0.29) is 17.4 Å². The van der Waals surface area contributed by atoms with E-state index >= 15 is 0 Å². The number of para-hydroxylation sites is 1. The first-order valence-electron chi connectivity index (χ1n) is 18.8. The zero-order valence-corrected chi connectivity index (χ0v) is 31.2. The van der Waals surface area contributed by atoms with Gasteiger partial charge >= 0.3 is 0 Å². The van der Waals surface area contributed by atoms with Crippen molar-refractivity contribution in [1.82, 2.24) is 19.6 Å². The Balaban J connectivity index is 1.02. The normalized spacial score (nSPS) is 19.0. The summed E-state index contributed by atoms with van der Waals surface area (Å²) in [7, 11) is 3.08. The molecule has 14 heteroatoms. The average molecular weight is 763 g/mol. The van der Waals surface area contributed by atoms with Gasteiger partial charge in [-0.05, 0) is 92.9 Å². The number of anilines is 3. The predicted molar refractivity (Wildman–Crippen MR) is 214 cm³/mol. The summed E-state index contributed by atoms with van der Waals surface area (Å²) in [4.78, 5) is 27.9. The van der Waals surface area contributed by atoms with Crippen molar-refractivity contribution in [3.63, 3.8) is 0 Å². The number of carbonyl (C=O) groups is 1. The second-order valence-electron chi connectivity index (χ2n) is 14.2. The molecule has 0 bridgehead atoms. The third kappa shape index (κ3) is 7.49. The molecule has 8 rings (SSSR count). The van der Waals surface area contributed by atoms with E-state index < -0.39 is 29.5 Å². The molecule has 5 heterocycles. The number of imidazole rings is 1. The minimum absolute atomic E-state index is 0.0732. The average Bonchev–Trinajstić information content (AvgIpc) is 3.62. The zero-order valence-electron chi connectivity index (χ0n) is 31.2. The predicted octanol–water partition coefficient (Wildman–Crippen LogP) is 6.39. The number of carbonyl (C=O) groups excluding carboxylic acids is 1. The number of benzene rings is 3. The van der Waals surface area contributed by atoms with Gasteiger partial charge in [0.25, 0.3) is 5.91 Å². The molecule has 2 fully saturated rings. The molecular formula is C42H44F2N8O4. The Labute approximate surface area is 323 Å². The second-order valence-corrected chi connectivity index (χ2v) is 14.2. The van der Waals surface area contributed by atoms with Crippen LogP contribution < -0.4 is 30.3 Å². The number of ether oxygens (including phenoxy) is 2. The lowest BCUT2D eigenvalue weighted by Gasteiger charge is -2.42. The van der Waals surface area contributed by atoms with Crippen LogP contribution in [0.25, 0.3) is 22.6 Å². The van der Waals surface area contributed by atoms with Crippen LogP contribution in [0.5, 0.6) is 11.5 Å². The van der Waals surface area contributed by atoms with E-state index in [1.54, 1.807) is 31.5 Å². The van der Waals surface area contributed by atoms with Gasteiger partial charge in [0.05, 0.1) is 48.7 Å². The van der Waals surface area contributed by atoms with Gasteiger partial charge in [0.1, 0.15) is 34.5 Å². The summed E-state index contributed by atoms with van der Waals surface area (Å²) in [5, 5.41) is 19.5. The number of nitrogens with zero attached hydrogens (tertiary/aromatic N) is 5. The molecule has 2 atom stereocenters. The van der Waals surface area contributed by atoms with E-state index in [4.69, 9.17) is 14.5 Å². The van der Waals surface area contributed by atoms with E-state index in [1.165, 1.54) is 13.2 Å². The first kappa shape index (κ1) is 37.0. The smallest absolute Gasteiger partial charge is 0.259 e. The van der Waals surface area contributed by atoms with Crippen molar-refractivity contribution in [2.75, 3.05) is 55.9 Å². The van der Waals surface area contributed by atoms with Crippen LogP contribution in [-0.2, 0) is 0 Å². The van der Waals surface area contributed by atoms with E-state index in [0.717, 1.165) is 75.4 Å². The molecular weight excluding hydrogens is 719 g/mol. The highest BCUT2D eigenvalue weighted by Crippen LogP contribution is 2.36. The minimum atomic E-state index is -0.893. The lowest BCUT2D eigenvalue weighted by Crippen LogP contribution is -2.49. The fourth-order valence-electron chi connectivity index (χ4n) is 7.89. The maximum atomic E-state index is 14.5. The monoisotopic (exact) mass is 762 g/mol. The van der Waals surface area contributed by atoms with Crippen LogP contribution in [0.15, 0.2) is 90.1 Å². The number of β-amino-alcohol motifs (C(OH)–C–C–N with tert-alkyl or cyclic N) is 1. The van der Waals surface area contributed by atoms with Crippen LogP contribution >= 0.6 is 0 Å². The topological polar surface area (TPSA) is 128 Å². The fraction of sp³-hybridized carbons (Fsp3) is 0.310. The van der Waals surface area contributed by atoms with E-state index in [2.05, 4.69) is 42.9 Å². The van der Waals surface area contributed by atoms with Crippen molar-refractivity contribution < 1.29 is 28.2 Å². The number of piperidine rings is 2. The molecule has 3 aliphatic heterocycles. The van der Waals surface area contributed by atoms with Gasteiger partial charge in [0.15, 0.2) is 6.29 Å². The Morgan fingerprint density at radius 1 is 0.929 bits per heavy atom. The molecule has 12 nitrogen and oxygen atoms in total. The third-order valence-electron chi connectivity index (χ3n) is 10.7. The molecule has 56 heavy (non-hydrogen) atoms. The van der Waals surface area contributed by atoms with Crippen LogP contribution in [0.2, 0.25) is 0 Å². The Hall–Kier alpha value is -5.99. The SMILES string of the molecule is COc1cc(N2CCC(N3CCC[C@H](O)C3)CC2)ccc1NC1N=CC=C(c2c(-c3ccc(OC)c(C(=O)Nc4c(F)cccc4F)c3)nc3ccccn23)N1. The van der Waals surface area contributed by atoms with Gasteiger partial charge in [-0.3, -0.25) is 14.1 Å². The van der Waals surface area contributed by atoms with Gasteiger partial charge in [-0.2, -0.15) is 0 Å². The van der Waals surface area contributed by atoms with Crippen molar-refractivity contribution in [1.29, 1.82) is 0 Å². The van der Waals surface area contributed by atoms with Crippen molar-refractivity contribution in [2.45, 2.75) is 44.1 Å². The van der Waals surface area contributed by atoms with Gasteiger partial charge in [-0.15, -0.1) is 0 Å². The summed E-state index contributed by atoms with van der Waals surface area (Å²) in [5.41, 5.74) is 4.59. The van der Waals surface area contributed by atoms with Crippen molar-refractivity contribution in [3.05, 3.63) is 108 Å². The number of hydrogen-bond donors (Lipinski definition) is 4. The highest BCUT2D eigenvalue weighted by Gasteiger charge is 2.29. The first-order valence-corrected chi connectivity index (χ1v) is 18.8.